The van der Waals surface area contributed by atoms with Crippen LogP contribution in [-0.4, -0.2) is 34.6 Å². The van der Waals surface area contributed by atoms with Gasteiger partial charge in [-0.25, -0.2) is 4.39 Å². The van der Waals surface area contributed by atoms with E-state index in [1.807, 2.05) is 6.07 Å². The van der Waals surface area contributed by atoms with Crippen LogP contribution in [-0.2, 0) is 6.42 Å². The second-order valence-corrected chi connectivity index (χ2v) is 8.56. The van der Waals surface area contributed by atoms with Gasteiger partial charge in [0.2, 0.25) is 0 Å². The average molecular weight is 378 g/mol. The molecule has 2 rings (SSSR count). The molecule has 1 saturated heterocycles. The summed E-state index contributed by atoms with van der Waals surface area (Å²) < 4.78 is 14.3. The summed E-state index contributed by atoms with van der Waals surface area (Å²) in [5, 5.41) is 4.83. The molecule has 3 atom stereocenters. The molecule has 1 aliphatic heterocycles. The van der Waals surface area contributed by atoms with E-state index in [2.05, 4.69) is 58.6 Å². The van der Waals surface area contributed by atoms with Crippen molar-refractivity contribution in [2.75, 3.05) is 18.1 Å². The summed E-state index contributed by atoms with van der Waals surface area (Å²) in [6, 6.07) is 5.71. The number of thioether (sulfide) groups is 2. The van der Waals surface area contributed by atoms with Crippen LogP contribution >= 0.6 is 39.5 Å². The minimum Gasteiger partial charge on any atom is -0.313 e. The van der Waals surface area contributed by atoms with Crippen molar-refractivity contribution in [1.29, 1.82) is 0 Å². The lowest BCUT2D eigenvalue weighted by Gasteiger charge is -2.35. The molecule has 5 heteroatoms. The van der Waals surface area contributed by atoms with Crippen LogP contribution in [0.5, 0.6) is 0 Å². The van der Waals surface area contributed by atoms with Crippen LogP contribution in [0, 0.1) is 5.82 Å². The van der Waals surface area contributed by atoms with Crippen molar-refractivity contribution in [3.8, 4) is 0 Å². The number of nitrogens with one attached hydrogen (secondary N) is 1. The van der Waals surface area contributed by atoms with Crippen molar-refractivity contribution in [2.24, 2.45) is 0 Å². The van der Waals surface area contributed by atoms with Crippen molar-refractivity contribution < 1.29 is 4.39 Å². The fourth-order valence-electron chi connectivity index (χ4n) is 2.60. The quantitative estimate of drug-likeness (QED) is 0.818. The van der Waals surface area contributed by atoms with E-state index in [0.717, 1.165) is 18.5 Å². The van der Waals surface area contributed by atoms with Gasteiger partial charge in [-0.3, -0.25) is 0 Å². The Bertz CT molecular complexity index is 444. The van der Waals surface area contributed by atoms with Gasteiger partial charge in [-0.1, -0.05) is 26.0 Å². The Morgan fingerprint density at radius 3 is 2.85 bits per heavy atom. The summed E-state index contributed by atoms with van der Waals surface area (Å²) in [6.45, 7) is 5.40. The first-order chi connectivity index (χ1) is 9.63. The lowest BCUT2D eigenvalue weighted by Crippen LogP contribution is -2.45. The van der Waals surface area contributed by atoms with Crippen molar-refractivity contribution >= 4 is 39.5 Å². The zero-order valence-electron chi connectivity index (χ0n) is 11.9. The first-order valence-electron chi connectivity index (χ1n) is 7.03. The zero-order chi connectivity index (χ0) is 14.5. The predicted molar refractivity (Wildman–Crippen MR) is 93.4 cm³/mol. The van der Waals surface area contributed by atoms with Crippen LogP contribution in [0.25, 0.3) is 0 Å². The molecule has 0 bridgehead atoms. The number of hydrogen-bond acceptors (Lipinski definition) is 3. The average Bonchev–Trinajstić information content (AvgIpc) is 2.44. The number of benzene rings is 1. The molecule has 0 radical (unpaired) electrons. The van der Waals surface area contributed by atoms with Gasteiger partial charge in [-0.2, -0.15) is 23.5 Å². The second kappa shape index (κ2) is 8.06. The summed E-state index contributed by atoms with van der Waals surface area (Å²) in [5.74, 6) is 2.29. The van der Waals surface area contributed by atoms with Gasteiger partial charge in [-0.15, -0.1) is 0 Å². The molecule has 1 heterocycles. The maximum Gasteiger partial charge on any atom is 0.137 e. The van der Waals surface area contributed by atoms with Gasteiger partial charge in [0.1, 0.15) is 5.82 Å². The highest BCUT2D eigenvalue weighted by Crippen LogP contribution is 2.34. The summed E-state index contributed by atoms with van der Waals surface area (Å²) in [7, 11) is 0. The fraction of sp³-hybridized carbons (Fsp3) is 0.600. The van der Waals surface area contributed by atoms with Crippen LogP contribution in [0.1, 0.15) is 19.4 Å². The van der Waals surface area contributed by atoms with Gasteiger partial charge in [0.15, 0.2) is 0 Å². The van der Waals surface area contributed by atoms with Crippen LogP contribution < -0.4 is 5.32 Å². The Morgan fingerprint density at radius 2 is 2.15 bits per heavy atom. The highest BCUT2D eigenvalue weighted by molar-refractivity contribution is 9.10. The summed E-state index contributed by atoms with van der Waals surface area (Å²) >= 11 is 7.49. The van der Waals surface area contributed by atoms with Crippen molar-refractivity contribution in [3.05, 3.63) is 34.1 Å². The molecule has 0 spiro atoms. The molecule has 1 fully saturated rings. The molecule has 20 heavy (non-hydrogen) atoms. The maximum atomic E-state index is 13.7. The van der Waals surface area contributed by atoms with Crippen LogP contribution in [0.2, 0.25) is 0 Å². The highest BCUT2D eigenvalue weighted by atomic mass is 79.9. The van der Waals surface area contributed by atoms with E-state index in [0.29, 0.717) is 21.0 Å². The summed E-state index contributed by atoms with van der Waals surface area (Å²) in [4.78, 5) is 0. The predicted octanol–water partition coefficient (Wildman–Crippen LogP) is 4.35. The summed E-state index contributed by atoms with van der Waals surface area (Å²) in [6.07, 6.45) is 0.870. The van der Waals surface area contributed by atoms with Gasteiger partial charge in [0.25, 0.3) is 0 Å². The number of halogens is 2. The number of hydrogen-bond donors (Lipinski definition) is 1. The van der Waals surface area contributed by atoms with Gasteiger partial charge < -0.3 is 5.32 Å². The second-order valence-electron chi connectivity index (χ2n) is 4.99. The minimum atomic E-state index is -0.170. The molecule has 0 aromatic heterocycles. The Morgan fingerprint density at radius 1 is 1.40 bits per heavy atom. The molecule has 1 aromatic carbocycles. The maximum absolute atomic E-state index is 13.7. The van der Waals surface area contributed by atoms with Gasteiger partial charge in [0.05, 0.1) is 4.47 Å². The molecular weight excluding hydrogens is 357 g/mol. The largest absolute Gasteiger partial charge is 0.313 e. The van der Waals surface area contributed by atoms with E-state index >= 15 is 0 Å². The van der Waals surface area contributed by atoms with E-state index in [-0.39, 0.29) is 5.82 Å². The Balaban J connectivity index is 2.14. The van der Waals surface area contributed by atoms with Crippen LogP contribution in [0.3, 0.4) is 0 Å². The van der Waals surface area contributed by atoms with Crippen LogP contribution in [0.4, 0.5) is 4.39 Å². The first kappa shape index (κ1) is 16.7. The highest BCUT2D eigenvalue weighted by Gasteiger charge is 2.30. The first-order valence-corrected chi connectivity index (χ1v) is 9.92. The van der Waals surface area contributed by atoms with E-state index in [1.165, 1.54) is 17.6 Å². The molecule has 0 amide bonds. The van der Waals surface area contributed by atoms with E-state index in [4.69, 9.17) is 0 Å². The lowest BCUT2D eigenvalue weighted by atomic mass is 10.0. The third kappa shape index (κ3) is 4.15. The molecule has 1 nitrogen and oxygen atoms in total. The third-order valence-corrected chi connectivity index (χ3v) is 7.71. The molecule has 3 unspecified atom stereocenters. The normalized spacial score (nSPS) is 24.6. The number of likely N-dealkylation sites (N-methyl/N-ethyl adjacent to an activating group) is 1. The monoisotopic (exact) mass is 377 g/mol. The Kier molecular flexibility index (Phi) is 6.72. The molecule has 0 saturated carbocycles. The standard InChI is InChI=1S/C15H21BrFNS2/c1-3-18-13(15-10(2)19-7-8-20-15)9-11-5-4-6-12(17)14(11)16/h4-6,10,13,15,18H,3,7-9H2,1-2H3. The van der Waals surface area contributed by atoms with Gasteiger partial charge in [0, 0.05) is 28.0 Å². The Hall–Kier alpha value is 0.290. The molecule has 1 aliphatic rings. The minimum absolute atomic E-state index is 0.170. The topological polar surface area (TPSA) is 12.0 Å². The lowest BCUT2D eigenvalue weighted by molar-refractivity contribution is 0.498. The molecule has 1 aromatic rings. The third-order valence-electron chi connectivity index (χ3n) is 3.57. The van der Waals surface area contributed by atoms with Gasteiger partial charge >= 0.3 is 0 Å². The molecule has 112 valence electrons. The fourth-order valence-corrected chi connectivity index (χ4v) is 5.99. The number of rotatable bonds is 5. The van der Waals surface area contributed by atoms with Crippen molar-refractivity contribution in [1.82, 2.24) is 5.32 Å². The van der Waals surface area contributed by atoms with Crippen molar-refractivity contribution in [2.45, 2.75) is 36.8 Å². The molecule has 1 N–H and O–H groups in total. The smallest absolute Gasteiger partial charge is 0.137 e. The Labute approximate surface area is 138 Å². The van der Waals surface area contributed by atoms with E-state index in [1.54, 1.807) is 6.07 Å². The molecule has 0 aliphatic carbocycles. The van der Waals surface area contributed by atoms with Crippen molar-refractivity contribution in [3.63, 3.8) is 0 Å². The molecular formula is C15H21BrFNS2. The van der Waals surface area contributed by atoms with Gasteiger partial charge in [-0.05, 0) is 40.5 Å². The SMILES string of the molecule is CCNC(Cc1cccc(F)c1Br)C1SCCSC1C. The zero-order valence-corrected chi connectivity index (χ0v) is 15.1. The summed E-state index contributed by atoms with van der Waals surface area (Å²) in [5.41, 5.74) is 1.05. The van der Waals surface area contributed by atoms with E-state index < -0.39 is 0 Å². The van der Waals surface area contributed by atoms with E-state index in [9.17, 15) is 4.39 Å². The van der Waals surface area contributed by atoms with Crippen LogP contribution in [0.15, 0.2) is 22.7 Å².